The summed E-state index contributed by atoms with van der Waals surface area (Å²) in [5.74, 6) is 0.248. The highest BCUT2D eigenvalue weighted by molar-refractivity contribution is 7.99. The molecule has 0 bridgehead atoms. The van der Waals surface area contributed by atoms with Gasteiger partial charge in [0.15, 0.2) is 0 Å². The topological polar surface area (TPSA) is 92.4 Å². The molecule has 1 unspecified atom stereocenters. The number of aliphatic carboxylic acids is 1. The summed E-state index contributed by atoms with van der Waals surface area (Å²) in [6, 6.07) is -0.864. The summed E-state index contributed by atoms with van der Waals surface area (Å²) in [5.41, 5.74) is 1.80. The molecular formula is C11H16N2O4S. The number of hydrogen-bond acceptors (Lipinski definition) is 5. The molecule has 0 aliphatic heterocycles. The Hall–Kier alpha value is -1.50. The first-order valence-electron chi connectivity index (χ1n) is 5.43. The van der Waals surface area contributed by atoms with E-state index in [0.717, 1.165) is 17.0 Å². The molecule has 1 rings (SSSR count). The summed E-state index contributed by atoms with van der Waals surface area (Å²) >= 11 is 1.40. The predicted molar refractivity (Wildman–Crippen MR) is 67.4 cm³/mol. The number of aryl methyl sites for hydroxylation is 2. The van der Waals surface area contributed by atoms with E-state index in [0.29, 0.717) is 5.75 Å². The molecule has 1 aromatic heterocycles. The number of carboxylic acid groups (broad SMARTS) is 1. The normalized spacial score (nSPS) is 12.2. The summed E-state index contributed by atoms with van der Waals surface area (Å²) in [6.07, 6.45) is 0. The third-order valence-corrected chi connectivity index (χ3v) is 3.37. The molecule has 1 aromatic rings. The lowest BCUT2D eigenvalue weighted by Gasteiger charge is -2.08. The number of hydrogen-bond donors (Lipinski definition) is 2. The van der Waals surface area contributed by atoms with E-state index in [1.807, 2.05) is 13.8 Å². The van der Waals surface area contributed by atoms with Gasteiger partial charge in [0.2, 0.25) is 5.91 Å². The van der Waals surface area contributed by atoms with Gasteiger partial charge in [0.1, 0.15) is 11.8 Å². The highest BCUT2D eigenvalue weighted by Crippen LogP contribution is 2.19. The Morgan fingerprint density at radius 3 is 2.67 bits per heavy atom. The van der Waals surface area contributed by atoms with Crippen molar-refractivity contribution in [2.75, 3.05) is 5.75 Å². The molecule has 1 atom stereocenters. The van der Waals surface area contributed by atoms with Crippen molar-refractivity contribution in [2.24, 2.45) is 0 Å². The van der Waals surface area contributed by atoms with Gasteiger partial charge in [-0.25, -0.2) is 0 Å². The number of carboxylic acids is 1. The van der Waals surface area contributed by atoms with E-state index in [-0.39, 0.29) is 11.7 Å². The van der Waals surface area contributed by atoms with Gasteiger partial charge in [0.05, 0.1) is 11.4 Å². The Morgan fingerprint density at radius 1 is 1.50 bits per heavy atom. The largest absolute Gasteiger partial charge is 0.480 e. The smallest absolute Gasteiger partial charge is 0.325 e. The molecule has 7 heteroatoms. The van der Waals surface area contributed by atoms with Gasteiger partial charge in [-0.15, -0.1) is 11.8 Å². The van der Waals surface area contributed by atoms with Crippen LogP contribution in [0.4, 0.5) is 0 Å². The van der Waals surface area contributed by atoms with E-state index in [2.05, 4.69) is 10.5 Å². The van der Waals surface area contributed by atoms with E-state index in [1.54, 1.807) is 0 Å². The molecule has 0 fully saturated rings. The van der Waals surface area contributed by atoms with Crippen LogP contribution in [0.15, 0.2) is 4.52 Å². The van der Waals surface area contributed by atoms with Crippen molar-refractivity contribution in [1.29, 1.82) is 0 Å². The molecule has 0 saturated carbocycles. The fourth-order valence-corrected chi connectivity index (χ4v) is 2.29. The van der Waals surface area contributed by atoms with E-state index in [9.17, 15) is 9.59 Å². The molecule has 0 radical (unpaired) electrons. The zero-order valence-corrected chi connectivity index (χ0v) is 11.3. The fraction of sp³-hybridized carbons (Fsp3) is 0.545. The van der Waals surface area contributed by atoms with Crippen molar-refractivity contribution in [3.63, 3.8) is 0 Å². The molecule has 0 spiro atoms. The van der Waals surface area contributed by atoms with Gasteiger partial charge in [-0.2, -0.15) is 0 Å². The maximum atomic E-state index is 11.4. The van der Waals surface area contributed by atoms with Crippen molar-refractivity contribution in [1.82, 2.24) is 10.5 Å². The summed E-state index contributed by atoms with van der Waals surface area (Å²) in [6.45, 7) is 5.10. The Balaban J connectivity index is 2.34. The summed E-state index contributed by atoms with van der Waals surface area (Å²) in [4.78, 5) is 22.0. The number of nitrogens with zero attached hydrogens (tertiary/aromatic N) is 1. The summed E-state index contributed by atoms with van der Waals surface area (Å²) in [7, 11) is 0. The highest BCUT2D eigenvalue weighted by Gasteiger charge is 2.14. The maximum Gasteiger partial charge on any atom is 0.325 e. The van der Waals surface area contributed by atoms with Crippen LogP contribution in [0.5, 0.6) is 0 Å². The molecule has 0 aliphatic rings. The lowest BCUT2D eigenvalue weighted by Crippen LogP contribution is -2.39. The second-order valence-electron chi connectivity index (χ2n) is 3.92. The lowest BCUT2D eigenvalue weighted by atomic mass is 10.2. The molecule has 1 heterocycles. The van der Waals surface area contributed by atoms with Crippen LogP contribution in [0.2, 0.25) is 0 Å². The van der Waals surface area contributed by atoms with E-state index >= 15 is 0 Å². The molecule has 0 saturated heterocycles. The second-order valence-corrected chi connectivity index (χ2v) is 4.91. The SMILES string of the molecule is Cc1noc(C)c1CSCC(=O)NC(C)C(=O)O. The van der Waals surface area contributed by atoms with Crippen LogP contribution in [-0.4, -0.2) is 33.9 Å². The van der Waals surface area contributed by atoms with Gasteiger partial charge in [-0.05, 0) is 20.8 Å². The Morgan fingerprint density at radius 2 is 2.17 bits per heavy atom. The first-order chi connectivity index (χ1) is 8.41. The molecule has 6 nitrogen and oxygen atoms in total. The number of amides is 1. The van der Waals surface area contributed by atoms with Crippen molar-refractivity contribution >= 4 is 23.6 Å². The third kappa shape index (κ3) is 4.06. The molecule has 2 N–H and O–H groups in total. The molecule has 18 heavy (non-hydrogen) atoms. The minimum Gasteiger partial charge on any atom is -0.480 e. The van der Waals surface area contributed by atoms with Gasteiger partial charge >= 0.3 is 5.97 Å². The summed E-state index contributed by atoms with van der Waals surface area (Å²) < 4.78 is 5.01. The Kier molecular flexibility index (Phi) is 5.21. The number of nitrogens with one attached hydrogen (secondary N) is 1. The molecular weight excluding hydrogens is 256 g/mol. The van der Waals surface area contributed by atoms with Crippen molar-refractivity contribution in [3.8, 4) is 0 Å². The second kappa shape index (κ2) is 6.44. The standard InChI is InChI=1S/C11H16N2O4S/c1-6-9(8(3)17-13-6)4-18-5-10(14)12-7(2)11(15)16/h7H,4-5H2,1-3H3,(H,12,14)(H,15,16). The highest BCUT2D eigenvalue weighted by atomic mass is 32.2. The van der Waals surface area contributed by atoms with E-state index in [4.69, 9.17) is 9.63 Å². The van der Waals surface area contributed by atoms with Gasteiger partial charge in [0, 0.05) is 11.3 Å². The van der Waals surface area contributed by atoms with Crippen LogP contribution in [0.1, 0.15) is 23.9 Å². The summed E-state index contributed by atoms with van der Waals surface area (Å²) in [5, 5.41) is 14.8. The first-order valence-corrected chi connectivity index (χ1v) is 6.59. The molecule has 100 valence electrons. The zero-order valence-electron chi connectivity index (χ0n) is 10.5. The minimum absolute atomic E-state index is 0.210. The number of rotatable bonds is 6. The van der Waals surface area contributed by atoms with Crippen molar-refractivity contribution in [3.05, 3.63) is 17.0 Å². The third-order valence-electron chi connectivity index (χ3n) is 2.41. The van der Waals surface area contributed by atoms with Gasteiger partial charge in [0.25, 0.3) is 0 Å². The van der Waals surface area contributed by atoms with Crippen LogP contribution in [0.3, 0.4) is 0 Å². The van der Waals surface area contributed by atoms with Crippen LogP contribution in [0, 0.1) is 13.8 Å². The number of carbonyl (C=O) groups excluding carboxylic acids is 1. The number of carbonyl (C=O) groups is 2. The quantitative estimate of drug-likeness (QED) is 0.806. The zero-order chi connectivity index (χ0) is 13.7. The van der Waals surface area contributed by atoms with Crippen molar-refractivity contribution in [2.45, 2.75) is 32.6 Å². The molecule has 0 aliphatic carbocycles. The monoisotopic (exact) mass is 272 g/mol. The van der Waals surface area contributed by atoms with Crippen LogP contribution in [-0.2, 0) is 15.3 Å². The van der Waals surface area contributed by atoms with Crippen molar-refractivity contribution < 1.29 is 19.2 Å². The van der Waals surface area contributed by atoms with Gasteiger partial charge in [-0.1, -0.05) is 5.16 Å². The fourth-order valence-electron chi connectivity index (χ4n) is 1.30. The molecule has 0 aromatic carbocycles. The number of aromatic nitrogens is 1. The number of thioether (sulfide) groups is 1. The van der Waals surface area contributed by atoms with E-state index < -0.39 is 12.0 Å². The Labute approximate surface area is 109 Å². The van der Waals surface area contributed by atoms with E-state index in [1.165, 1.54) is 18.7 Å². The first kappa shape index (κ1) is 14.6. The van der Waals surface area contributed by atoms with Gasteiger partial charge < -0.3 is 14.9 Å². The average molecular weight is 272 g/mol. The lowest BCUT2D eigenvalue weighted by molar-refractivity contribution is -0.140. The predicted octanol–water partition coefficient (Wildman–Crippen LogP) is 1.11. The average Bonchev–Trinajstić information content (AvgIpc) is 2.60. The Bertz CT molecular complexity index is 425. The maximum absolute atomic E-state index is 11.4. The van der Waals surface area contributed by atoms with Gasteiger partial charge in [-0.3, -0.25) is 9.59 Å². The van der Waals surface area contributed by atoms with Crippen LogP contribution >= 0.6 is 11.8 Å². The minimum atomic E-state index is -1.04. The van der Waals surface area contributed by atoms with Crippen LogP contribution < -0.4 is 5.32 Å². The van der Waals surface area contributed by atoms with Crippen LogP contribution in [0.25, 0.3) is 0 Å². The molecule has 1 amide bonds.